The van der Waals surface area contributed by atoms with Crippen LogP contribution in [0.3, 0.4) is 0 Å². The topological polar surface area (TPSA) is 88.7 Å². The highest BCUT2D eigenvalue weighted by atomic mass is 32.1. The highest BCUT2D eigenvalue weighted by Gasteiger charge is 2.10. The van der Waals surface area contributed by atoms with Crippen LogP contribution in [0, 0.1) is 0 Å². The van der Waals surface area contributed by atoms with Gasteiger partial charge in [0.2, 0.25) is 0 Å². The molecule has 0 spiro atoms. The van der Waals surface area contributed by atoms with Crippen LogP contribution in [0.2, 0.25) is 0 Å². The molecular formula is C23H29N3O4S. The molecule has 2 amide bonds. The van der Waals surface area contributed by atoms with Crippen LogP contribution in [0.4, 0.5) is 0 Å². The zero-order valence-electron chi connectivity index (χ0n) is 18.2. The Bertz CT molecular complexity index is 883. The Kier molecular flexibility index (Phi) is 9.27. The van der Waals surface area contributed by atoms with E-state index in [2.05, 4.69) is 30.0 Å². The molecule has 8 heteroatoms. The summed E-state index contributed by atoms with van der Waals surface area (Å²) in [4.78, 5) is 24.2. The number of thiocarbonyl (C=S) groups is 1. The van der Waals surface area contributed by atoms with Crippen LogP contribution in [0.1, 0.15) is 56.0 Å². The van der Waals surface area contributed by atoms with Gasteiger partial charge in [0.15, 0.2) is 11.7 Å². The molecule has 2 aromatic carbocycles. The lowest BCUT2D eigenvalue weighted by Gasteiger charge is -2.13. The van der Waals surface area contributed by atoms with Crippen molar-refractivity contribution in [1.29, 1.82) is 0 Å². The van der Waals surface area contributed by atoms with E-state index in [1.165, 1.54) is 5.56 Å². The number of ether oxygens (including phenoxy) is 2. The van der Waals surface area contributed by atoms with E-state index in [1.807, 2.05) is 38.1 Å². The first-order valence-corrected chi connectivity index (χ1v) is 10.6. The Hall–Kier alpha value is -3.13. The van der Waals surface area contributed by atoms with Gasteiger partial charge in [0, 0.05) is 5.56 Å². The van der Waals surface area contributed by atoms with Gasteiger partial charge in [-0.2, -0.15) is 0 Å². The molecule has 0 saturated carbocycles. The number of carbonyl (C=O) groups is 2. The van der Waals surface area contributed by atoms with Crippen molar-refractivity contribution in [3.05, 3.63) is 59.7 Å². The fourth-order valence-corrected chi connectivity index (χ4v) is 2.61. The fourth-order valence-electron chi connectivity index (χ4n) is 2.47. The molecule has 0 aliphatic heterocycles. The summed E-state index contributed by atoms with van der Waals surface area (Å²) in [5.41, 5.74) is 6.48. The van der Waals surface area contributed by atoms with Crippen molar-refractivity contribution in [3.8, 4) is 11.5 Å². The lowest BCUT2D eigenvalue weighted by molar-refractivity contribution is -0.123. The number of rotatable bonds is 8. The molecule has 0 aromatic heterocycles. The maximum absolute atomic E-state index is 12.3. The van der Waals surface area contributed by atoms with Crippen LogP contribution in [0.25, 0.3) is 0 Å². The van der Waals surface area contributed by atoms with E-state index in [0.29, 0.717) is 23.0 Å². The molecule has 7 nitrogen and oxygen atoms in total. The minimum Gasteiger partial charge on any atom is -0.491 e. The molecular weight excluding hydrogens is 414 g/mol. The summed E-state index contributed by atoms with van der Waals surface area (Å²) >= 11 is 5.04. The van der Waals surface area contributed by atoms with Crippen LogP contribution < -0.4 is 25.6 Å². The van der Waals surface area contributed by atoms with Gasteiger partial charge in [0.1, 0.15) is 11.5 Å². The van der Waals surface area contributed by atoms with E-state index in [9.17, 15) is 9.59 Å². The third-order valence-corrected chi connectivity index (χ3v) is 4.69. The monoisotopic (exact) mass is 443 g/mol. The number of hydrazine groups is 1. The predicted octanol–water partition coefficient (Wildman–Crippen LogP) is 3.70. The normalized spacial score (nSPS) is 11.4. The maximum atomic E-state index is 12.3. The van der Waals surface area contributed by atoms with Gasteiger partial charge >= 0.3 is 0 Å². The van der Waals surface area contributed by atoms with Crippen molar-refractivity contribution in [3.63, 3.8) is 0 Å². The quantitative estimate of drug-likeness (QED) is 0.426. The van der Waals surface area contributed by atoms with Gasteiger partial charge in [0.25, 0.3) is 11.8 Å². The minimum absolute atomic E-state index is 0.0282. The first-order valence-electron chi connectivity index (χ1n) is 10.2. The Morgan fingerprint density at radius 1 is 0.935 bits per heavy atom. The smallest absolute Gasteiger partial charge is 0.276 e. The van der Waals surface area contributed by atoms with E-state index in [-0.39, 0.29) is 17.8 Å². The fraction of sp³-hybridized carbons (Fsp3) is 0.348. The second-order valence-corrected chi connectivity index (χ2v) is 7.74. The molecule has 0 saturated heterocycles. The molecule has 2 rings (SSSR count). The number of nitrogens with one attached hydrogen (secondary N) is 3. The van der Waals surface area contributed by atoms with Crippen LogP contribution in [-0.2, 0) is 4.79 Å². The zero-order valence-corrected chi connectivity index (χ0v) is 19.0. The highest BCUT2D eigenvalue weighted by molar-refractivity contribution is 7.80. The summed E-state index contributed by atoms with van der Waals surface area (Å²) in [6, 6.07) is 14.3. The Morgan fingerprint density at radius 3 is 2.13 bits per heavy atom. The van der Waals surface area contributed by atoms with E-state index < -0.39 is 11.8 Å². The summed E-state index contributed by atoms with van der Waals surface area (Å²) in [5.74, 6) is 0.877. The van der Waals surface area contributed by atoms with E-state index in [1.54, 1.807) is 24.3 Å². The zero-order chi connectivity index (χ0) is 22.8. The number of benzene rings is 2. The van der Waals surface area contributed by atoms with Crippen molar-refractivity contribution < 1.29 is 19.1 Å². The molecule has 0 aliphatic carbocycles. The Labute approximate surface area is 188 Å². The van der Waals surface area contributed by atoms with Gasteiger partial charge in [-0.1, -0.05) is 32.9 Å². The summed E-state index contributed by atoms with van der Waals surface area (Å²) in [7, 11) is 0. The lowest BCUT2D eigenvalue weighted by atomic mass is 10.0. The Balaban J connectivity index is 1.72. The second-order valence-electron chi connectivity index (χ2n) is 7.33. The first-order chi connectivity index (χ1) is 14.8. The maximum Gasteiger partial charge on any atom is 0.276 e. The molecule has 0 fully saturated rings. The summed E-state index contributed by atoms with van der Waals surface area (Å²) in [6.07, 6.45) is 0.993. The average molecular weight is 444 g/mol. The van der Waals surface area contributed by atoms with Gasteiger partial charge in [0.05, 0.1) is 6.10 Å². The lowest BCUT2D eigenvalue weighted by Crippen LogP contribution is -2.49. The largest absolute Gasteiger partial charge is 0.491 e. The summed E-state index contributed by atoms with van der Waals surface area (Å²) in [5, 5.41) is 2.47. The van der Waals surface area contributed by atoms with E-state index in [0.717, 1.165) is 6.42 Å². The van der Waals surface area contributed by atoms with Crippen LogP contribution >= 0.6 is 12.2 Å². The number of hydrogen-bond acceptors (Lipinski definition) is 5. The molecule has 0 radical (unpaired) electrons. The molecule has 3 N–H and O–H groups in total. The third kappa shape index (κ3) is 8.25. The van der Waals surface area contributed by atoms with Gasteiger partial charge in [-0.25, -0.2) is 0 Å². The van der Waals surface area contributed by atoms with Crippen LogP contribution in [0.5, 0.6) is 11.5 Å². The SMILES string of the molecule is CCC(C)Oc1ccc(C(=O)NC(=S)NNC(=O)COc2ccc(C(C)C)cc2)cc1. The first kappa shape index (κ1) is 24.1. The van der Waals surface area contributed by atoms with E-state index >= 15 is 0 Å². The summed E-state index contributed by atoms with van der Waals surface area (Å²) in [6.45, 7) is 8.03. The predicted molar refractivity (Wildman–Crippen MR) is 124 cm³/mol. The van der Waals surface area contributed by atoms with Crippen LogP contribution in [0.15, 0.2) is 48.5 Å². The molecule has 166 valence electrons. The van der Waals surface area contributed by atoms with Crippen molar-refractivity contribution in [2.45, 2.75) is 46.1 Å². The Morgan fingerprint density at radius 2 is 1.55 bits per heavy atom. The van der Waals surface area contributed by atoms with Crippen molar-refractivity contribution >= 4 is 29.1 Å². The van der Waals surface area contributed by atoms with Gasteiger partial charge in [-0.05, 0) is 73.4 Å². The van der Waals surface area contributed by atoms with Gasteiger partial charge < -0.3 is 9.47 Å². The molecule has 0 bridgehead atoms. The molecule has 0 aliphatic rings. The average Bonchev–Trinajstić information content (AvgIpc) is 2.76. The summed E-state index contributed by atoms with van der Waals surface area (Å²) < 4.78 is 11.1. The van der Waals surface area contributed by atoms with Gasteiger partial charge in [-0.3, -0.25) is 25.8 Å². The molecule has 2 aromatic rings. The third-order valence-electron chi connectivity index (χ3n) is 4.49. The number of hydrogen-bond donors (Lipinski definition) is 3. The molecule has 1 unspecified atom stereocenters. The minimum atomic E-state index is -0.434. The van der Waals surface area contributed by atoms with E-state index in [4.69, 9.17) is 21.7 Å². The number of carbonyl (C=O) groups excluding carboxylic acids is 2. The second kappa shape index (κ2) is 11.9. The van der Waals surface area contributed by atoms with Crippen molar-refractivity contribution in [1.82, 2.24) is 16.2 Å². The van der Waals surface area contributed by atoms with Gasteiger partial charge in [-0.15, -0.1) is 0 Å². The molecule has 1 atom stereocenters. The molecule has 31 heavy (non-hydrogen) atoms. The van der Waals surface area contributed by atoms with Crippen molar-refractivity contribution in [2.24, 2.45) is 0 Å². The number of amides is 2. The van der Waals surface area contributed by atoms with Crippen LogP contribution in [-0.4, -0.2) is 29.6 Å². The molecule has 0 heterocycles. The highest BCUT2D eigenvalue weighted by Crippen LogP contribution is 2.18. The standard InChI is InChI=1S/C23H29N3O4S/c1-5-16(4)30-20-12-8-18(9-13-20)22(28)24-23(31)26-25-21(27)14-29-19-10-6-17(7-11-19)15(2)3/h6-13,15-16H,5,14H2,1-4H3,(H,25,27)(H2,24,26,28,31). The van der Waals surface area contributed by atoms with Crippen molar-refractivity contribution in [2.75, 3.05) is 6.61 Å².